The van der Waals surface area contributed by atoms with E-state index in [4.69, 9.17) is 9.47 Å². The summed E-state index contributed by atoms with van der Waals surface area (Å²) in [7, 11) is 0. The van der Waals surface area contributed by atoms with Gasteiger partial charge in [-0.25, -0.2) is 9.59 Å². The van der Waals surface area contributed by atoms with Crippen molar-refractivity contribution in [3.63, 3.8) is 0 Å². The number of hydrogen-bond acceptors (Lipinski definition) is 4. The number of nitrogens with one attached hydrogen (secondary N) is 1. The Hall–Kier alpha value is -3.08. The van der Waals surface area contributed by atoms with E-state index in [-0.39, 0.29) is 12.1 Å². The van der Waals surface area contributed by atoms with Crippen LogP contribution in [0.4, 0.5) is 10.5 Å². The maximum absolute atomic E-state index is 12.9. The van der Waals surface area contributed by atoms with Crippen molar-refractivity contribution in [3.05, 3.63) is 54.1 Å². The van der Waals surface area contributed by atoms with E-state index in [1.807, 2.05) is 83.1 Å². The molecule has 0 saturated heterocycles. The largest absolute Gasteiger partial charge is 0.459 e. The number of carbonyl (C=O) groups excluding carboxylic acids is 2. The summed E-state index contributed by atoms with van der Waals surface area (Å²) in [6, 6.07) is 14.9. The molecule has 0 unspecified atom stereocenters. The van der Waals surface area contributed by atoms with Crippen LogP contribution in [0, 0.1) is 0 Å². The topological polar surface area (TPSA) is 64.6 Å². The second-order valence-electron chi connectivity index (χ2n) is 7.92. The quantitative estimate of drug-likeness (QED) is 0.454. The van der Waals surface area contributed by atoms with E-state index < -0.39 is 11.7 Å². The Morgan fingerprint density at radius 1 is 0.857 bits per heavy atom. The molecule has 3 aromatic carbocycles. The van der Waals surface area contributed by atoms with Crippen molar-refractivity contribution in [2.45, 2.75) is 46.3 Å². The van der Waals surface area contributed by atoms with Crippen LogP contribution in [0.1, 0.15) is 45.0 Å². The fourth-order valence-electron chi connectivity index (χ4n) is 3.16. The summed E-state index contributed by atoms with van der Waals surface area (Å²) in [6.07, 6.45) is -0.773. The van der Waals surface area contributed by atoms with E-state index in [1.165, 1.54) is 0 Å². The van der Waals surface area contributed by atoms with Gasteiger partial charge in [0.1, 0.15) is 5.60 Å². The Morgan fingerprint density at radius 2 is 1.32 bits per heavy atom. The summed E-state index contributed by atoms with van der Waals surface area (Å²) in [5, 5.41) is 5.82. The molecule has 0 aromatic heterocycles. The highest BCUT2D eigenvalue weighted by Gasteiger charge is 2.23. The predicted molar refractivity (Wildman–Crippen MR) is 112 cm³/mol. The van der Waals surface area contributed by atoms with Gasteiger partial charge in [-0.05, 0) is 45.4 Å². The van der Waals surface area contributed by atoms with E-state index in [1.54, 1.807) is 0 Å². The first kappa shape index (κ1) is 19.7. The lowest BCUT2D eigenvalue weighted by molar-refractivity contribution is 0.0382. The van der Waals surface area contributed by atoms with Crippen molar-refractivity contribution < 1.29 is 19.1 Å². The molecule has 3 aromatic rings. The number of fused-ring (bicyclic) bond motifs is 2. The molecule has 1 amide bonds. The van der Waals surface area contributed by atoms with Gasteiger partial charge in [0.15, 0.2) is 0 Å². The van der Waals surface area contributed by atoms with E-state index >= 15 is 0 Å². The lowest BCUT2D eigenvalue weighted by Crippen LogP contribution is -2.27. The average molecular weight is 379 g/mol. The van der Waals surface area contributed by atoms with Gasteiger partial charge < -0.3 is 9.47 Å². The standard InChI is InChI=1S/C23H25NO4/c1-14(2)27-21(25)19-15-10-6-8-12-17(15)20(18-13-9-7-11-16(18)19)24-22(26)28-23(3,4)5/h6-14H,1-5H3,(H,24,26). The van der Waals surface area contributed by atoms with Gasteiger partial charge in [-0.3, -0.25) is 5.32 Å². The first-order valence-corrected chi connectivity index (χ1v) is 9.32. The molecular weight excluding hydrogens is 354 g/mol. The summed E-state index contributed by atoms with van der Waals surface area (Å²) in [4.78, 5) is 25.3. The summed E-state index contributed by atoms with van der Waals surface area (Å²) < 4.78 is 10.9. The van der Waals surface area contributed by atoms with Gasteiger partial charge in [0.05, 0.1) is 17.4 Å². The minimum atomic E-state index is -0.614. The Balaban J connectivity index is 2.25. The molecule has 28 heavy (non-hydrogen) atoms. The molecule has 5 nitrogen and oxygen atoms in total. The second kappa shape index (κ2) is 7.50. The molecule has 0 aliphatic heterocycles. The van der Waals surface area contributed by atoms with Gasteiger partial charge in [0.2, 0.25) is 0 Å². The lowest BCUT2D eigenvalue weighted by Gasteiger charge is -2.21. The Morgan fingerprint density at radius 3 is 1.75 bits per heavy atom. The second-order valence-corrected chi connectivity index (χ2v) is 7.92. The molecule has 3 rings (SSSR count). The van der Waals surface area contributed by atoms with Crippen molar-refractivity contribution in [3.8, 4) is 0 Å². The Labute approximate surface area is 164 Å². The molecule has 5 heteroatoms. The van der Waals surface area contributed by atoms with Crippen LogP contribution in [-0.4, -0.2) is 23.8 Å². The van der Waals surface area contributed by atoms with Crippen LogP contribution in [0.25, 0.3) is 21.5 Å². The SMILES string of the molecule is CC(C)OC(=O)c1c2ccccc2c(NC(=O)OC(C)(C)C)c2ccccc12. The van der Waals surface area contributed by atoms with E-state index in [2.05, 4.69) is 5.32 Å². The number of rotatable bonds is 3. The Bertz CT molecular complexity index is 991. The number of carbonyl (C=O) groups is 2. The van der Waals surface area contributed by atoms with Crippen molar-refractivity contribution in [2.75, 3.05) is 5.32 Å². The highest BCUT2D eigenvalue weighted by atomic mass is 16.6. The smallest absolute Gasteiger partial charge is 0.412 e. The maximum atomic E-state index is 12.9. The van der Waals surface area contributed by atoms with Gasteiger partial charge in [-0.2, -0.15) is 0 Å². The lowest BCUT2D eigenvalue weighted by atomic mass is 9.94. The summed E-state index contributed by atoms with van der Waals surface area (Å²) in [5.74, 6) is -0.383. The molecule has 0 heterocycles. The van der Waals surface area contributed by atoms with Crippen molar-refractivity contribution in [1.82, 2.24) is 0 Å². The van der Waals surface area contributed by atoms with E-state index in [0.29, 0.717) is 11.3 Å². The molecule has 1 N–H and O–H groups in total. The van der Waals surface area contributed by atoms with Crippen LogP contribution in [0.15, 0.2) is 48.5 Å². The third kappa shape index (κ3) is 4.09. The van der Waals surface area contributed by atoms with Crippen LogP contribution in [0.3, 0.4) is 0 Å². The summed E-state index contributed by atoms with van der Waals surface area (Å²) >= 11 is 0. The van der Waals surface area contributed by atoms with Crippen LogP contribution in [-0.2, 0) is 9.47 Å². The summed E-state index contributed by atoms with van der Waals surface area (Å²) in [6.45, 7) is 9.08. The molecule has 146 valence electrons. The van der Waals surface area contributed by atoms with Gasteiger partial charge >= 0.3 is 12.1 Å². The molecule has 0 aliphatic carbocycles. The van der Waals surface area contributed by atoms with Crippen molar-refractivity contribution in [1.29, 1.82) is 0 Å². The fourth-order valence-corrected chi connectivity index (χ4v) is 3.16. The molecule has 0 saturated carbocycles. The van der Waals surface area contributed by atoms with Gasteiger partial charge in [0, 0.05) is 10.8 Å². The molecule has 0 aliphatic rings. The number of anilines is 1. The van der Waals surface area contributed by atoms with Crippen LogP contribution < -0.4 is 5.32 Å². The first-order valence-electron chi connectivity index (χ1n) is 9.32. The van der Waals surface area contributed by atoms with E-state index in [9.17, 15) is 9.59 Å². The zero-order chi connectivity index (χ0) is 20.5. The monoisotopic (exact) mass is 379 g/mol. The first-order chi connectivity index (χ1) is 13.2. The Kier molecular flexibility index (Phi) is 5.27. The van der Waals surface area contributed by atoms with Crippen molar-refractivity contribution in [2.24, 2.45) is 0 Å². The molecule has 0 atom stereocenters. The van der Waals surface area contributed by atoms with Gasteiger partial charge in [-0.15, -0.1) is 0 Å². The molecule has 0 radical (unpaired) electrons. The number of amides is 1. The molecule has 0 fully saturated rings. The minimum absolute atomic E-state index is 0.232. The average Bonchev–Trinajstić information content (AvgIpc) is 2.59. The number of esters is 1. The number of ether oxygens (including phenoxy) is 2. The fraction of sp³-hybridized carbons (Fsp3) is 0.304. The number of benzene rings is 3. The minimum Gasteiger partial charge on any atom is -0.459 e. The van der Waals surface area contributed by atoms with Gasteiger partial charge in [-0.1, -0.05) is 48.5 Å². The molecule has 0 bridgehead atoms. The third-order valence-corrected chi connectivity index (χ3v) is 4.10. The zero-order valence-electron chi connectivity index (χ0n) is 16.8. The van der Waals surface area contributed by atoms with Crippen LogP contribution in [0.5, 0.6) is 0 Å². The zero-order valence-corrected chi connectivity index (χ0v) is 16.8. The molecular formula is C23H25NO4. The maximum Gasteiger partial charge on any atom is 0.412 e. The summed E-state index contributed by atoms with van der Waals surface area (Å²) in [5.41, 5.74) is 0.493. The molecule has 0 spiro atoms. The van der Waals surface area contributed by atoms with Gasteiger partial charge in [0.25, 0.3) is 0 Å². The van der Waals surface area contributed by atoms with Crippen molar-refractivity contribution >= 4 is 39.3 Å². The number of hydrogen-bond donors (Lipinski definition) is 1. The van der Waals surface area contributed by atoms with E-state index in [0.717, 1.165) is 21.5 Å². The third-order valence-electron chi connectivity index (χ3n) is 4.10. The normalized spacial score (nSPS) is 11.6. The van der Waals surface area contributed by atoms with Crippen LogP contribution >= 0.6 is 0 Å². The predicted octanol–water partition coefficient (Wildman–Crippen LogP) is 5.91. The highest BCUT2D eigenvalue weighted by Crippen LogP contribution is 2.37. The highest BCUT2D eigenvalue weighted by molar-refractivity contribution is 6.24. The van der Waals surface area contributed by atoms with Crippen LogP contribution in [0.2, 0.25) is 0 Å².